The van der Waals surface area contributed by atoms with E-state index in [0.29, 0.717) is 5.92 Å². The third kappa shape index (κ3) is 2.38. The van der Waals surface area contributed by atoms with Crippen LogP contribution in [0.2, 0.25) is 0 Å². The fourth-order valence-corrected chi connectivity index (χ4v) is 3.11. The molecule has 1 heterocycles. The first kappa shape index (κ1) is 13.4. The minimum absolute atomic E-state index is 0.0187. The van der Waals surface area contributed by atoms with E-state index in [1.807, 2.05) is 6.92 Å². The molecule has 5 atom stereocenters. The molecule has 1 aliphatic carbocycles. The summed E-state index contributed by atoms with van der Waals surface area (Å²) in [5.41, 5.74) is 0. The Morgan fingerprint density at radius 3 is 2.61 bits per heavy atom. The second-order valence-electron chi connectivity index (χ2n) is 6.05. The van der Waals surface area contributed by atoms with E-state index in [2.05, 4.69) is 6.92 Å². The third-order valence-electron chi connectivity index (χ3n) is 4.06. The molecule has 2 fully saturated rings. The molecule has 4 nitrogen and oxygen atoms in total. The lowest BCUT2D eigenvalue weighted by Gasteiger charge is -2.24. The Balaban J connectivity index is 2.01. The molecule has 0 N–H and O–H groups in total. The van der Waals surface area contributed by atoms with Crippen molar-refractivity contribution in [2.45, 2.75) is 52.7 Å². The molecule has 4 heteroatoms. The first-order valence-electron chi connectivity index (χ1n) is 6.81. The Kier molecular flexibility index (Phi) is 3.64. The maximum absolute atomic E-state index is 11.8. The van der Waals surface area contributed by atoms with Crippen LogP contribution in [0, 0.1) is 23.7 Å². The van der Waals surface area contributed by atoms with E-state index in [0.717, 1.165) is 12.8 Å². The molecule has 1 saturated carbocycles. The molecule has 0 aromatic heterocycles. The molecule has 0 bridgehead atoms. The van der Waals surface area contributed by atoms with Crippen molar-refractivity contribution in [2.24, 2.45) is 23.7 Å². The number of carbonyl (C=O) groups is 2. The van der Waals surface area contributed by atoms with Crippen LogP contribution in [0.1, 0.15) is 40.5 Å². The van der Waals surface area contributed by atoms with Gasteiger partial charge < -0.3 is 9.47 Å². The van der Waals surface area contributed by atoms with E-state index in [-0.39, 0.29) is 41.9 Å². The van der Waals surface area contributed by atoms with Crippen LogP contribution in [0.15, 0.2) is 0 Å². The summed E-state index contributed by atoms with van der Waals surface area (Å²) >= 11 is 0. The van der Waals surface area contributed by atoms with Crippen LogP contribution in [-0.2, 0) is 19.1 Å². The molecule has 0 spiro atoms. The first-order chi connectivity index (χ1) is 8.40. The largest absolute Gasteiger partial charge is 0.459 e. The average molecular weight is 254 g/mol. The summed E-state index contributed by atoms with van der Waals surface area (Å²) in [5.74, 6) is 0.314. The normalized spacial score (nSPS) is 36.4. The lowest BCUT2D eigenvalue weighted by molar-refractivity contribution is -0.164. The monoisotopic (exact) mass is 254 g/mol. The van der Waals surface area contributed by atoms with Crippen molar-refractivity contribution in [3.05, 3.63) is 0 Å². The zero-order valence-electron chi connectivity index (χ0n) is 11.5. The fourth-order valence-electron chi connectivity index (χ4n) is 3.11. The van der Waals surface area contributed by atoms with Crippen molar-refractivity contribution in [3.63, 3.8) is 0 Å². The highest BCUT2D eigenvalue weighted by Gasteiger charge is 2.51. The zero-order valence-corrected chi connectivity index (χ0v) is 11.5. The number of hydrogen-bond acceptors (Lipinski definition) is 4. The number of carbonyl (C=O) groups excluding carboxylic acids is 2. The lowest BCUT2D eigenvalue weighted by atomic mass is 9.91. The average Bonchev–Trinajstić information content (AvgIpc) is 2.78. The van der Waals surface area contributed by atoms with Crippen molar-refractivity contribution in [1.29, 1.82) is 0 Å². The second-order valence-corrected chi connectivity index (χ2v) is 6.05. The molecule has 0 amide bonds. The van der Waals surface area contributed by atoms with Gasteiger partial charge in [-0.25, -0.2) is 0 Å². The van der Waals surface area contributed by atoms with Crippen LogP contribution in [0.4, 0.5) is 0 Å². The molecular weight excluding hydrogens is 232 g/mol. The molecule has 18 heavy (non-hydrogen) atoms. The van der Waals surface area contributed by atoms with Gasteiger partial charge in [-0.1, -0.05) is 20.8 Å². The predicted molar refractivity (Wildman–Crippen MR) is 65.7 cm³/mol. The number of cyclic esters (lactones) is 1. The number of ether oxygens (including phenoxy) is 2. The predicted octanol–water partition coefficient (Wildman–Crippen LogP) is 2.16. The topological polar surface area (TPSA) is 52.6 Å². The van der Waals surface area contributed by atoms with E-state index >= 15 is 0 Å². The van der Waals surface area contributed by atoms with Gasteiger partial charge in [0.1, 0.15) is 12.2 Å². The molecule has 0 aromatic rings. The number of fused-ring (bicyclic) bond motifs is 1. The summed E-state index contributed by atoms with van der Waals surface area (Å²) in [6.45, 7) is 7.59. The van der Waals surface area contributed by atoms with Crippen LogP contribution in [-0.4, -0.2) is 24.1 Å². The first-order valence-corrected chi connectivity index (χ1v) is 6.81. The molecule has 102 valence electrons. The molecule has 1 aliphatic heterocycles. The van der Waals surface area contributed by atoms with E-state index in [9.17, 15) is 9.59 Å². The van der Waals surface area contributed by atoms with Crippen molar-refractivity contribution in [3.8, 4) is 0 Å². The Morgan fingerprint density at radius 2 is 2.00 bits per heavy atom. The van der Waals surface area contributed by atoms with Crippen molar-refractivity contribution >= 4 is 11.9 Å². The SMILES string of the molecule is CC1CC2C(=O)OC(C(C)OC(=O)C(C)C)C2C1. The molecular formula is C14H22O4. The van der Waals surface area contributed by atoms with Crippen molar-refractivity contribution in [2.75, 3.05) is 0 Å². The van der Waals surface area contributed by atoms with E-state index in [4.69, 9.17) is 9.47 Å². The van der Waals surface area contributed by atoms with Gasteiger partial charge in [0, 0.05) is 5.92 Å². The van der Waals surface area contributed by atoms with Crippen molar-refractivity contribution < 1.29 is 19.1 Å². The van der Waals surface area contributed by atoms with Gasteiger partial charge in [0.2, 0.25) is 0 Å². The van der Waals surface area contributed by atoms with Gasteiger partial charge in [0.25, 0.3) is 0 Å². The third-order valence-corrected chi connectivity index (χ3v) is 4.06. The van der Waals surface area contributed by atoms with Gasteiger partial charge in [-0.2, -0.15) is 0 Å². The summed E-state index contributed by atoms with van der Waals surface area (Å²) < 4.78 is 10.8. The van der Waals surface area contributed by atoms with Crippen LogP contribution in [0.5, 0.6) is 0 Å². The molecule has 2 rings (SSSR count). The number of hydrogen-bond donors (Lipinski definition) is 0. The van der Waals surface area contributed by atoms with E-state index in [1.165, 1.54) is 0 Å². The summed E-state index contributed by atoms with van der Waals surface area (Å²) in [6, 6.07) is 0. The molecule has 2 aliphatic rings. The summed E-state index contributed by atoms with van der Waals surface area (Å²) in [4.78, 5) is 23.4. The Hall–Kier alpha value is -1.06. The standard InChI is InChI=1S/C14H22O4/c1-7(2)13(15)17-9(4)12-10-5-8(3)6-11(10)14(16)18-12/h7-12H,5-6H2,1-4H3. The van der Waals surface area contributed by atoms with Crippen LogP contribution >= 0.6 is 0 Å². The lowest BCUT2D eigenvalue weighted by Crippen LogP contribution is -2.34. The van der Waals surface area contributed by atoms with Crippen LogP contribution in [0.3, 0.4) is 0 Å². The minimum atomic E-state index is -0.343. The molecule has 5 unspecified atom stereocenters. The highest BCUT2D eigenvalue weighted by Crippen LogP contribution is 2.45. The Bertz CT molecular complexity index is 350. The van der Waals surface area contributed by atoms with Gasteiger partial charge in [-0.15, -0.1) is 0 Å². The number of rotatable bonds is 3. The maximum Gasteiger partial charge on any atom is 0.309 e. The zero-order chi connectivity index (χ0) is 13.4. The summed E-state index contributed by atoms with van der Waals surface area (Å²) in [5, 5.41) is 0. The summed E-state index contributed by atoms with van der Waals surface area (Å²) in [7, 11) is 0. The Labute approximate surface area is 108 Å². The smallest absolute Gasteiger partial charge is 0.309 e. The highest BCUT2D eigenvalue weighted by atomic mass is 16.6. The van der Waals surface area contributed by atoms with E-state index in [1.54, 1.807) is 13.8 Å². The molecule has 0 radical (unpaired) electrons. The quantitative estimate of drug-likeness (QED) is 0.724. The Morgan fingerprint density at radius 1 is 1.33 bits per heavy atom. The van der Waals surface area contributed by atoms with Gasteiger partial charge >= 0.3 is 11.9 Å². The second kappa shape index (κ2) is 4.90. The van der Waals surface area contributed by atoms with Gasteiger partial charge in [-0.05, 0) is 25.7 Å². The van der Waals surface area contributed by atoms with E-state index < -0.39 is 0 Å². The molecule has 0 aromatic carbocycles. The molecule has 1 saturated heterocycles. The van der Waals surface area contributed by atoms with Crippen molar-refractivity contribution in [1.82, 2.24) is 0 Å². The summed E-state index contributed by atoms with van der Waals surface area (Å²) in [6.07, 6.45) is 1.30. The minimum Gasteiger partial charge on any atom is -0.459 e. The number of esters is 2. The van der Waals surface area contributed by atoms with Gasteiger partial charge in [-0.3, -0.25) is 9.59 Å². The van der Waals surface area contributed by atoms with Gasteiger partial charge in [0.05, 0.1) is 11.8 Å². The highest BCUT2D eigenvalue weighted by molar-refractivity contribution is 5.76. The van der Waals surface area contributed by atoms with Crippen LogP contribution in [0.25, 0.3) is 0 Å². The van der Waals surface area contributed by atoms with Gasteiger partial charge in [0.15, 0.2) is 0 Å². The van der Waals surface area contributed by atoms with Crippen LogP contribution < -0.4 is 0 Å². The fraction of sp³-hybridized carbons (Fsp3) is 0.857. The maximum atomic E-state index is 11.8.